The number of para-hydroxylation sites is 2. The van der Waals surface area contributed by atoms with Crippen molar-refractivity contribution in [3.8, 4) is 0 Å². The number of halogens is 3. The summed E-state index contributed by atoms with van der Waals surface area (Å²) in [6.45, 7) is 6.21. The van der Waals surface area contributed by atoms with E-state index in [1.807, 2.05) is 36.4 Å². The molecule has 1 atom stereocenters. The Morgan fingerprint density at radius 3 is 2.58 bits per heavy atom. The standard InChI is InChI=1S/C27H26N4O4S.C2HF3O2/c1-4-34-25(33)24-23-14(13-28-24)21(22-17(29-23)11-27(2,3)12-18(22)32)19-9-10-20(35-19)36-26-30-15-7-5-6-8-16(15)31-26;3-2(4,5)1(6)7/h5-10,13,21,28-29H,4,11-12H2,1-3H3,(H,30,31);(H,6,7). The second-order valence-electron chi connectivity index (χ2n) is 10.7. The van der Waals surface area contributed by atoms with Gasteiger partial charge in [-0.25, -0.2) is 14.6 Å². The fourth-order valence-electron chi connectivity index (χ4n) is 5.17. The van der Waals surface area contributed by atoms with Crippen LogP contribution >= 0.6 is 11.8 Å². The number of allylic oxidation sites excluding steroid dienone is 2. The fraction of sp³-hybridized carbons (Fsp3) is 0.310. The maximum Gasteiger partial charge on any atom is 0.490 e. The number of furan rings is 1. The maximum absolute atomic E-state index is 13.4. The van der Waals surface area contributed by atoms with E-state index >= 15 is 0 Å². The minimum absolute atomic E-state index is 0.0890. The highest BCUT2D eigenvalue weighted by Crippen LogP contribution is 2.50. The smallest absolute Gasteiger partial charge is 0.475 e. The number of aromatic nitrogens is 3. The quantitative estimate of drug-likeness (QED) is 0.181. The molecule has 0 amide bonds. The van der Waals surface area contributed by atoms with Crippen LogP contribution in [0.15, 0.2) is 68.5 Å². The summed E-state index contributed by atoms with van der Waals surface area (Å²) >= 11 is 1.39. The summed E-state index contributed by atoms with van der Waals surface area (Å²) in [5.41, 5.74) is 4.98. The highest BCUT2D eigenvalue weighted by molar-refractivity contribution is 7.99. The van der Waals surface area contributed by atoms with Crippen molar-refractivity contribution in [1.82, 2.24) is 15.0 Å². The van der Waals surface area contributed by atoms with Crippen molar-refractivity contribution in [2.75, 3.05) is 11.9 Å². The average Bonchev–Trinajstić information content (AvgIpc) is 3.65. The minimum atomic E-state index is -5.08. The third kappa shape index (κ3) is 6.19. The number of aromatic amines is 2. The summed E-state index contributed by atoms with van der Waals surface area (Å²) in [4.78, 5) is 45.9. The van der Waals surface area contributed by atoms with Gasteiger partial charge in [-0.15, -0.1) is 0 Å². The Morgan fingerprint density at radius 2 is 1.91 bits per heavy atom. The number of carboxylic acids is 1. The van der Waals surface area contributed by atoms with Gasteiger partial charge >= 0.3 is 18.1 Å². The molecule has 14 heteroatoms. The topological polar surface area (TPSA) is 150 Å². The molecule has 6 rings (SSSR count). The van der Waals surface area contributed by atoms with Gasteiger partial charge in [-0.1, -0.05) is 26.0 Å². The second-order valence-corrected chi connectivity index (χ2v) is 11.7. The number of carbonyl (C=O) groups excluding carboxylic acids is 2. The molecule has 226 valence electrons. The number of nitrogens with zero attached hydrogens (tertiary/aromatic N) is 1. The number of ether oxygens (including phenoxy) is 1. The van der Waals surface area contributed by atoms with Crippen molar-refractivity contribution in [1.29, 1.82) is 0 Å². The lowest BCUT2D eigenvalue weighted by atomic mass is 9.70. The average molecular weight is 617 g/mol. The molecule has 0 spiro atoms. The predicted octanol–water partition coefficient (Wildman–Crippen LogP) is 6.65. The molecule has 0 saturated heterocycles. The molecule has 2 aliphatic rings. The summed E-state index contributed by atoms with van der Waals surface area (Å²) in [7, 11) is 0. The summed E-state index contributed by atoms with van der Waals surface area (Å²) < 4.78 is 43.3. The van der Waals surface area contributed by atoms with Crippen LogP contribution in [0.3, 0.4) is 0 Å². The van der Waals surface area contributed by atoms with Crippen LogP contribution in [0, 0.1) is 5.41 Å². The van der Waals surface area contributed by atoms with E-state index in [1.165, 1.54) is 11.8 Å². The van der Waals surface area contributed by atoms with E-state index in [4.69, 9.17) is 19.1 Å². The molecule has 43 heavy (non-hydrogen) atoms. The van der Waals surface area contributed by atoms with Gasteiger partial charge < -0.3 is 29.5 Å². The fourth-order valence-corrected chi connectivity index (χ4v) is 5.94. The lowest BCUT2D eigenvalue weighted by molar-refractivity contribution is -0.192. The molecule has 0 saturated carbocycles. The number of hydrogen-bond donors (Lipinski definition) is 4. The number of benzene rings is 1. The van der Waals surface area contributed by atoms with E-state index < -0.39 is 24.0 Å². The zero-order chi connectivity index (χ0) is 31.1. The Hall–Kier alpha value is -4.46. The Balaban J connectivity index is 0.000000472. The molecule has 4 heterocycles. The Morgan fingerprint density at radius 1 is 1.19 bits per heavy atom. The van der Waals surface area contributed by atoms with E-state index in [2.05, 4.69) is 34.1 Å². The summed E-state index contributed by atoms with van der Waals surface area (Å²) in [6, 6.07) is 11.6. The number of esters is 1. The van der Waals surface area contributed by atoms with Crippen LogP contribution in [0.1, 0.15) is 61.3 Å². The number of rotatable bonds is 5. The van der Waals surface area contributed by atoms with Gasteiger partial charge in [-0.2, -0.15) is 13.2 Å². The van der Waals surface area contributed by atoms with E-state index in [9.17, 15) is 22.8 Å². The lowest BCUT2D eigenvalue weighted by Crippen LogP contribution is -2.33. The number of ketones is 1. The van der Waals surface area contributed by atoms with Crippen LogP contribution in [0.2, 0.25) is 0 Å². The monoisotopic (exact) mass is 616 g/mol. The van der Waals surface area contributed by atoms with Crippen LogP contribution < -0.4 is 5.32 Å². The number of nitrogens with one attached hydrogen (secondary N) is 3. The third-order valence-electron chi connectivity index (χ3n) is 6.88. The van der Waals surface area contributed by atoms with Crippen LogP contribution in [-0.2, 0) is 14.3 Å². The Kier molecular flexibility index (Phi) is 7.90. The first-order chi connectivity index (χ1) is 20.3. The van der Waals surface area contributed by atoms with Crippen molar-refractivity contribution in [2.24, 2.45) is 5.41 Å². The van der Waals surface area contributed by atoms with Gasteiger partial charge in [0.15, 0.2) is 16.0 Å². The summed E-state index contributed by atoms with van der Waals surface area (Å²) in [6.07, 6.45) is -2.17. The number of carbonyl (C=O) groups is 3. The first-order valence-electron chi connectivity index (χ1n) is 13.2. The molecule has 4 N–H and O–H groups in total. The van der Waals surface area contributed by atoms with Gasteiger partial charge in [-0.05, 0) is 54.8 Å². The van der Waals surface area contributed by atoms with Gasteiger partial charge in [0.1, 0.15) is 11.5 Å². The number of fused-ring (bicyclic) bond motifs is 2. The molecular weight excluding hydrogens is 589 g/mol. The first kappa shape index (κ1) is 30.0. The van der Waals surface area contributed by atoms with Crippen molar-refractivity contribution in [3.05, 3.63) is 70.9 Å². The molecule has 0 bridgehead atoms. The molecule has 4 aromatic rings. The number of hydrogen-bond acceptors (Lipinski definition) is 8. The van der Waals surface area contributed by atoms with E-state index in [0.717, 1.165) is 27.5 Å². The molecule has 1 aliphatic carbocycles. The Labute approximate surface area is 247 Å². The van der Waals surface area contributed by atoms with E-state index in [1.54, 1.807) is 13.1 Å². The minimum Gasteiger partial charge on any atom is -0.475 e. The van der Waals surface area contributed by atoms with Crippen LogP contribution in [0.5, 0.6) is 0 Å². The second kappa shape index (κ2) is 11.3. The molecule has 1 aliphatic heterocycles. The SMILES string of the molecule is CCOC(=O)c1[nH]cc2c1NC1=C(C(=O)CC(C)(C)C1)C2c1ccc(Sc2nc3ccccc3[nH]2)o1.O=C(O)C(F)(F)F. The third-order valence-corrected chi connectivity index (χ3v) is 7.69. The van der Waals surface area contributed by atoms with Gasteiger partial charge in [0, 0.05) is 29.5 Å². The molecule has 0 radical (unpaired) electrons. The predicted molar refractivity (Wildman–Crippen MR) is 150 cm³/mol. The first-order valence-corrected chi connectivity index (χ1v) is 14.0. The molecule has 0 fully saturated rings. The van der Waals surface area contributed by atoms with Crippen LogP contribution in [0.4, 0.5) is 18.9 Å². The van der Waals surface area contributed by atoms with Crippen molar-refractivity contribution < 1.29 is 41.8 Å². The number of H-pyrrole nitrogens is 2. The largest absolute Gasteiger partial charge is 0.490 e. The summed E-state index contributed by atoms with van der Waals surface area (Å²) in [5, 5.41) is 11.9. The van der Waals surface area contributed by atoms with Gasteiger partial charge in [0.05, 0.1) is 29.2 Å². The van der Waals surface area contributed by atoms with Gasteiger partial charge in [0.2, 0.25) is 0 Å². The number of aliphatic carboxylic acids is 1. The highest BCUT2D eigenvalue weighted by atomic mass is 32.2. The van der Waals surface area contributed by atoms with Gasteiger partial charge in [0.25, 0.3) is 0 Å². The summed E-state index contributed by atoms with van der Waals surface area (Å²) in [5.74, 6) is -2.88. The number of imidazole rings is 1. The van der Waals surface area contributed by atoms with E-state index in [0.29, 0.717) is 40.6 Å². The lowest BCUT2D eigenvalue weighted by Gasteiger charge is -2.38. The Bertz CT molecular complexity index is 1720. The zero-order valence-electron chi connectivity index (χ0n) is 23.2. The number of carboxylic acid groups (broad SMARTS) is 1. The van der Waals surface area contributed by atoms with Gasteiger partial charge in [-0.3, -0.25) is 4.79 Å². The van der Waals surface area contributed by atoms with Crippen LogP contribution in [0.25, 0.3) is 11.0 Å². The number of Topliss-reactive ketones (excluding diaryl/α,β-unsaturated/α-hetero) is 1. The molecule has 1 aromatic carbocycles. The van der Waals surface area contributed by atoms with Crippen molar-refractivity contribution in [3.63, 3.8) is 0 Å². The van der Waals surface area contributed by atoms with E-state index in [-0.39, 0.29) is 17.8 Å². The number of anilines is 1. The van der Waals surface area contributed by atoms with Crippen molar-refractivity contribution in [2.45, 2.75) is 56.0 Å². The molecule has 3 aromatic heterocycles. The zero-order valence-corrected chi connectivity index (χ0v) is 24.0. The molecular formula is C29H27F3N4O6S. The van der Waals surface area contributed by atoms with Crippen LogP contribution in [-0.4, -0.2) is 50.6 Å². The number of alkyl halides is 3. The van der Waals surface area contributed by atoms with Crippen molar-refractivity contribution >= 4 is 46.2 Å². The maximum atomic E-state index is 13.4. The molecule has 1 unspecified atom stereocenters. The molecule has 10 nitrogen and oxygen atoms in total. The highest BCUT2D eigenvalue weighted by Gasteiger charge is 2.43. The normalized spacial score (nSPS) is 17.4.